The SMILES string of the molecule is CC(C)[C@H](NC(=O)[C@H](CC(=O)OC(C)(C)C)NC(=O)OCC1c2ccccc2-c2ccccc21)C(=O)Oc1c(F)c(F)c(F)c(F)c1F. The molecule has 0 saturated heterocycles. The van der Waals surface area contributed by atoms with Crippen molar-refractivity contribution in [3.05, 3.63) is 88.7 Å². The summed E-state index contributed by atoms with van der Waals surface area (Å²) in [6.45, 7) is 7.35. The minimum atomic E-state index is -2.46. The zero-order valence-electron chi connectivity index (χ0n) is 26.6. The van der Waals surface area contributed by atoms with Gasteiger partial charge in [0, 0.05) is 5.92 Å². The van der Waals surface area contributed by atoms with E-state index in [1.54, 1.807) is 20.8 Å². The van der Waals surface area contributed by atoms with E-state index in [1.807, 2.05) is 48.5 Å². The summed E-state index contributed by atoms with van der Waals surface area (Å²) in [7, 11) is 0. The number of ether oxygens (including phenoxy) is 3. The van der Waals surface area contributed by atoms with E-state index in [0.717, 1.165) is 22.3 Å². The fourth-order valence-corrected chi connectivity index (χ4v) is 5.13. The highest BCUT2D eigenvalue weighted by Crippen LogP contribution is 2.44. The average molecular weight is 677 g/mol. The molecule has 0 unspecified atom stereocenters. The topological polar surface area (TPSA) is 120 Å². The number of esters is 2. The van der Waals surface area contributed by atoms with Crippen LogP contribution in [-0.2, 0) is 23.9 Å². The summed E-state index contributed by atoms with van der Waals surface area (Å²) in [5.74, 6) is -18.6. The Bertz CT molecular complexity index is 1670. The lowest BCUT2D eigenvalue weighted by Gasteiger charge is -2.26. The monoisotopic (exact) mass is 676 g/mol. The molecule has 2 N–H and O–H groups in total. The van der Waals surface area contributed by atoms with E-state index in [9.17, 15) is 41.1 Å². The Hall–Kier alpha value is -5.01. The number of nitrogens with one attached hydrogen (secondary N) is 2. The summed E-state index contributed by atoms with van der Waals surface area (Å²) in [6.07, 6.45) is -1.82. The summed E-state index contributed by atoms with van der Waals surface area (Å²) < 4.78 is 84.5. The van der Waals surface area contributed by atoms with Gasteiger partial charge < -0.3 is 24.8 Å². The van der Waals surface area contributed by atoms with Crippen molar-refractivity contribution in [3.63, 3.8) is 0 Å². The maximum atomic E-state index is 14.2. The van der Waals surface area contributed by atoms with Gasteiger partial charge in [0.1, 0.15) is 24.3 Å². The lowest BCUT2D eigenvalue weighted by Crippen LogP contribution is -2.55. The fourth-order valence-electron chi connectivity index (χ4n) is 5.13. The van der Waals surface area contributed by atoms with Crippen LogP contribution in [0.4, 0.5) is 26.7 Å². The highest BCUT2D eigenvalue weighted by Gasteiger charge is 2.36. The molecule has 2 atom stereocenters. The second-order valence-corrected chi connectivity index (χ2v) is 12.4. The Kier molecular flexibility index (Phi) is 10.8. The van der Waals surface area contributed by atoms with Gasteiger partial charge in [-0.2, -0.15) is 8.78 Å². The highest BCUT2D eigenvalue weighted by molar-refractivity contribution is 5.93. The summed E-state index contributed by atoms with van der Waals surface area (Å²) in [5.41, 5.74) is 2.81. The van der Waals surface area contributed by atoms with Crippen molar-refractivity contribution < 1.29 is 55.3 Å². The van der Waals surface area contributed by atoms with E-state index < -0.39 is 88.8 Å². The zero-order chi connectivity index (χ0) is 35.5. The molecule has 4 rings (SSSR count). The van der Waals surface area contributed by atoms with Crippen molar-refractivity contribution in [1.29, 1.82) is 0 Å². The number of hydrogen-bond acceptors (Lipinski definition) is 7. The number of hydrogen-bond donors (Lipinski definition) is 2. The summed E-state index contributed by atoms with van der Waals surface area (Å²) in [6, 6.07) is 11.7. The molecule has 0 fully saturated rings. The number of fused-ring (bicyclic) bond motifs is 3. The first kappa shape index (κ1) is 35.8. The van der Waals surface area contributed by atoms with Gasteiger partial charge in [-0.25, -0.2) is 22.8 Å². The van der Waals surface area contributed by atoms with E-state index in [2.05, 4.69) is 15.4 Å². The van der Waals surface area contributed by atoms with Crippen LogP contribution in [0.5, 0.6) is 5.75 Å². The Morgan fingerprint density at radius 2 is 1.27 bits per heavy atom. The van der Waals surface area contributed by atoms with Gasteiger partial charge in [-0.1, -0.05) is 62.4 Å². The fraction of sp³-hybridized carbons (Fsp3) is 0.353. The molecular formula is C34H33F5N2O7. The molecule has 0 saturated carbocycles. The number of carbonyl (C=O) groups excluding carboxylic acids is 4. The van der Waals surface area contributed by atoms with E-state index in [1.165, 1.54) is 13.8 Å². The van der Waals surface area contributed by atoms with Gasteiger partial charge in [0.05, 0.1) is 6.42 Å². The Balaban J connectivity index is 1.51. The van der Waals surface area contributed by atoms with Crippen molar-refractivity contribution in [3.8, 4) is 16.9 Å². The predicted octanol–water partition coefficient (Wildman–Crippen LogP) is 6.07. The van der Waals surface area contributed by atoms with E-state index in [0.29, 0.717) is 0 Å². The van der Waals surface area contributed by atoms with E-state index in [-0.39, 0.29) is 12.5 Å². The maximum absolute atomic E-state index is 14.2. The van der Waals surface area contributed by atoms with Gasteiger partial charge in [-0.15, -0.1) is 0 Å². The number of carbonyl (C=O) groups is 4. The highest BCUT2D eigenvalue weighted by atomic mass is 19.2. The molecule has 9 nitrogen and oxygen atoms in total. The Morgan fingerprint density at radius 1 is 0.771 bits per heavy atom. The first-order valence-corrected chi connectivity index (χ1v) is 14.9. The van der Waals surface area contributed by atoms with Crippen molar-refractivity contribution >= 4 is 23.9 Å². The van der Waals surface area contributed by atoms with Gasteiger partial charge in [0.15, 0.2) is 0 Å². The second-order valence-electron chi connectivity index (χ2n) is 12.4. The number of alkyl carbamates (subject to hydrolysis) is 1. The molecule has 256 valence electrons. The van der Waals surface area contributed by atoms with Crippen LogP contribution in [0, 0.1) is 35.0 Å². The third-order valence-corrected chi connectivity index (χ3v) is 7.33. The Morgan fingerprint density at radius 3 is 1.77 bits per heavy atom. The molecule has 48 heavy (non-hydrogen) atoms. The summed E-state index contributed by atoms with van der Waals surface area (Å²) >= 11 is 0. The lowest BCUT2D eigenvalue weighted by molar-refractivity contribution is -0.156. The standard InChI is InChI=1S/C34H33F5N2O7/c1-16(2)29(32(44)47-30-27(38)25(36)24(35)26(37)28(30)39)41-31(43)22(14-23(42)48-34(3,4)5)40-33(45)46-15-21-19-12-8-6-10-17(19)18-11-7-9-13-20(18)21/h6-13,16,21-22,29H,14-15H2,1-5H3,(H,40,45)(H,41,43)/t22-,29-/m0/s1. The molecule has 2 amide bonds. The van der Waals surface area contributed by atoms with Crippen LogP contribution in [0.3, 0.4) is 0 Å². The van der Waals surface area contributed by atoms with Gasteiger partial charge >= 0.3 is 18.0 Å². The van der Waals surface area contributed by atoms with Gasteiger partial charge in [0.25, 0.3) is 0 Å². The van der Waals surface area contributed by atoms with Gasteiger partial charge in [-0.3, -0.25) is 9.59 Å². The average Bonchev–Trinajstić information content (AvgIpc) is 3.34. The van der Waals surface area contributed by atoms with Crippen LogP contribution in [0.1, 0.15) is 58.1 Å². The molecule has 0 heterocycles. The lowest BCUT2D eigenvalue weighted by atomic mass is 9.98. The van der Waals surface area contributed by atoms with E-state index >= 15 is 0 Å². The van der Waals surface area contributed by atoms with Crippen molar-refractivity contribution in [2.24, 2.45) is 5.92 Å². The Labute approximate surface area is 272 Å². The third kappa shape index (κ3) is 7.92. The largest absolute Gasteiger partial charge is 0.460 e. The van der Waals surface area contributed by atoms with Crippen LogP contribution in [0.2, 0.25) is 0 Å². The molecular weight excluding hydrogens is 643 g/mol. The van der Waals surface area contributed by atoms with Gasteiger partial charge in [-0.05, 0) is 48.9 Å². The molecule has 0 aromatic heterocycles. The third-order valence-electron chi connectivity index (χ3n) is 7.33. The van der Waals surface area contributed by atoms with Gasteiger partial charge in [0.2, 0.25) is 40.7 Å². The molecule has 0 spiro atoms. The molecule has 1 aliphatic rings. The normalized spacial score (nSPS) is 13.6. The molecule has 1 aliphatic carbocycles. The summed E-state index contributed by atoms with van der Waals surface area (Å²) in [5, 5.41) is 4.51. The van der Waals surface area contributed by atoms with Crippen LogP contribution in [0.15, 0.2) is 48.5 Å². The minimum absolute atomic E-state index is 0.135. The van der Waals surface area contributed by atoms with E-state index in [4.69, 9.17) is 9.47 Å². The number of halogens is 5. The molecule has 14 heteroatoms. The summed E-state index contributed by atoms with van der Waals surface area (Å²) in [4.78, 5) is 52.0. The van der Waals surface area contributed by atoms with Crippen molar-refractivity contribution in [2.45, 2.75) is 64.6 Å². The van der Waals surface area contributed by atoms with Crippen LogP contribution < -0.4 is 15.4 Å². The van der Waals surface area contributed by atoms with Crippen LogP contribution >= 0.6 is 0 Å². The first-order valence-electron chi connectivity index (χ1n) is 14.9. The number of rotatable bonds is 10. The smallest absolute Gasteiger partial charge is 0.407 e. The quantitative estimate of drug-likeness (QED) is 0.0880. The van der Waals surface area contributed by atoms with Crippen LogP contribution in [-0.4, -0.2) is 48.2 Å². The van der Waals surface area contributed by atoms with Crippen LogP contribution in [0.25, 0.3) is 11.1 Å². The van der Waals surface area contributed by atoms with Crippen molar-refractivity contribution in [1.82, 2.24) is 10.6 Å². The van der Waals surface area contributed by atoms with Crippen molar-refractivity contribution in [2.75, 3.05) is 6.61 Å². The molecule has 0 bridgehead atoms. The molecule has 3 aromatic rings. The second kappa shape index (κ2) is 14.4. The molecule has 0 radical (unpaired) electrons. The maximum Gasteiger partial charge on any atom is 0.407 e. The molecule has 0 aliphatic heterocycles. The number of amides is 2. The number of benzene rings is 3. The molecule has 3 aromatic carbocycles. The minimum Gasteiger partial charge on any atom is -0.460 e. The first-order chi connectivity index (χ1) is 22.5. The zero-order valence-corrected chi connectivity index (χ0v) is 26.6. The predicted molar refractivity (Wildman–Crippen MR) is 161 cm³/mol.